The third-order valence-electron chi connectivity index (χ3n) is 3.62. The SMILES string of the molecule is Cc1[c]cccc1-c1ccc(C2(N)CC2)cc1. The highest BCUT2D eigenvalue weighted by Gasteiger charge is 2.39. The average Bonchev–Trinajstić information content (AvgIpc) is 3.10. The zero-order valence-electron chi connectivity index (χ0n) is 10.0. The summed E-state index contributed by atoms with van der Waals surface area (Å²) in [5, 5.41) is 0. The molecule has 0 aliphatic heterocycles. The van der Waals surface area contributed by atoms with E-state index >= 15 is 0 Å². The van der Waals surface area contributed by atoms with Gasteiger partial charge in [0.2, 0.25) is 0 Å². The smallest absolute Gasteiger partial charge is 0.0411 e. The second-order valence-electron chi connectivity index (χ2n) is 4.94. The van der Waals surface area contributed by atoms with Crippen molar-refractivity contribution in [2.75, 3.05) is 0 Å². The van der Waals surface area contributed by atoms with E-state index in [9.17, 15) is 0 Å². The van der Waals surface area contributed by atoms with Crippen LogP contribution in [-0.2, 0) is 5.54 Å². The Morgan fingerprint density at radius 1 is 1.12 bits per heavy atom. The van der Waals surface area contributed by atoms with Crippen LogP contribution in [0.3, 0.4) is 0 Å². The van der Waals surface area contributed by atoms with Crippen molar-refractivity contribution in [3.63, 3.8) is 0 Å². The Kier molecular flexibility index (Phi) is 2.30. The minimum Gasteiger partial charge on any atom is -0.321 e. The van der Waals surface area contributed by atoms with Gasteiger partial charge >= 0.3 is 0 Å². The van der Waals surface area contributed by atoms with E-state index in [1.54, 1.807) is 0 Å². The van der Waals surface area contributed by atoms with Crippen molar-refractivity contribution in [1.29, 1.82) is 0 Å². The standard InChI is InChI=1S/C16H16N/c1-12-4-2-3-5-15(12)13-6-8-14(9-7-13)16(17)10-11-16/h2-3,5-9H,10-11,17H2,1H3. The molecule has 2 aromatic carbocycles. The van der Waals surface area contributed by atoms with Gasteiger partial charge in [-0.1, -0.05) is 42.5 Å². The molecule has 1 aliphatic rings. The van der Waals surface area contributed by atoms with Crippen molar-refractivity contribution in [3.8, 4) is 11.1 Å². The van der Waals surface area contributed by atoms with Gasteiger partial charge in [0.15, 0.2) is 0 Å². The second kappa shape index (κ2) is 3.71. The van der Waals surface area contributed by atoms with Gasteiger partial charge in [-0.2, -0.15) is 0 Å². The predicted molar refractivity (Wildman–Crippen MR) is 70.6 cm³/mol. The van der Waals surface area contributed by atoms with Gasteiger partial charge < -0.3 is 5.73 Å². The first-order chi connectivity index (χ1) is 8.19. The molecule has 1 saturated carbocycles. The molecule has 1 aliphatic carbocycles. The zero-order chi connectivity index (χ0) is 11.9. The molecule has 0 heterocycles. The molecule has 0 saturated heterocycles. The van der Waals surface area contributed by atoms with Gasteiger partial charge in [0.05, 0.1) is 0 Å². The Morgan fingerprint density at radius 2 is 1.82 bits per heavy atom. The summed E-state index contributed by atoms with van der Waals surface area (Å²) in [4.78, 5) is 0. The monoisotopic (exact) mass is 222 g/mol. The Bertz CT molecular complexity index is 536. The van der Waals surface area contributed by atoms with E-state index < -0.39 is 0 Å². The average molecular weight is 222 g/mol. The van der Waals surface area contributed by atoms with Gasteiger partial charge in [0, 0.05) is 5.54 Å². The van der Waals surface area contributed by atoms with Crippen LogP contribution in [0.25, 0.3) is 11.1 Å². The summed E-state index contributed by atoms with van der Waals surface area (Å²) in [5.41, 5.74) is 11.1. The van der Waals surface area contributed by atoms with Gasteiger partial charge in [-0.15, -0.1) is 0 Å². The van der Waals surface area contributed by atoms with E-state index in [-0.39, 0.29) is 5.54 Å². The minimum atomic E-state index is -0.0314. The van der Waals surface area contributed by atoms with Crippen LogP contribution in [-0.4, -0.2) is 0 Å². The summed E-state index contributed by atoms with van der Waals surface area (Å²) >= 11 is 0. The van der Waals surface area contributed by atoms with Crippen LogP contribution in [0.15, 0.2) is 42.5 Å². The van der Waals surface area contributed by atoms with Gasteiger partial charge in [-0.05, 0) is 48.1 Å². The summed E-state index contributed by atoms with van der Waals surface area (Å²) in [5.74, 6) is 0. The highest BCUT2D eigenvalue weighted by Crippen LogP contribution is 2.42. The van der Waals surface area contributed by atoms with E-state index in [1.807, 2.05) is 12.1 Å². The molecule has 3 rings (SSSR count). The van der Waals surface area contributed by atoms with Crippen LogP contribution in [0.4, 0.5) is 0 Å². The predicted octanol–water partition coefficient (Wildman–Crippen LogP) is 3.41. The third kappa shape index (κ3) is 1.87. The summed E-state index contributed by atoms with van der Waals surface area (Å²) in [6, 6.07) is 18.0. The lowest BCUT2D eigenvalue weighted by molar-refractivity contribution is 0.740. The van der Waals surface area contributed by atoms with Crippen molar-refractivity contribution in [3.05, 3.63) is 59.7 Å². The quantitative estimate of drug-likeness (QED) is 0.828. The first-order valence-electron chi connectivity index (χ1n) is 6.06. The number of nitrogens with two attached hydrogens (primary N) is 1. The number of hydrogen-bond acceptors (Lipinski definition) is 1. The lowest BCUT2D eigenvalue weighted by Gasteiger charge is -2.11. The number of rotatable bonds is 2. The van der Waals surface area contributed by atoms with E-state index in [0.29, 0.717) is 0 Å². The fraction of sp³-hybridized carbons (Fsp3) is 0.250. The number of benzene rings is 2. The molecule has 17 heavy (non-hydrogen) atoms. The van der Waals surface area contributed by atoms with Crippen molar-refractivity contribution in [2.45, 2.75) is 25.3 Å². The molecular weight excluding hydrogens is 206 g/mol. The first-order valence-corrected chi connectivity index (χ1v) is 6.06. The van der Waals surface area contributed by atoms with Crippen molar-refractivity contribution < 1.29 is 0 Å². The van der Waals surface area contributed by atoms with Crippen molar-refractivity contribution in [1.82, 2.24) is 0 Å². The Morgan fingerprint density at radius 3 is 2.41 bits per heavy atom. The second-order valence-corrected chi connectivity index (χ2v) is 4.94. The molecule has 0 amide bonds. The molecule has 0 atom stereocenters. The maximum absolute atomic E-state index is 6.18. The Balaban J connectivity index is 1.98. The van der Waals surface area contributed by atoms with Crippen LogP contribution >= 0.6 is 0 Å². The fourth-order valence-electron chi connectivity index (χ4n) is 2.24. The summed E-state index contributed by atoms with van der Waals surface area (Å²) in [7, 11) is 0. The summed E-state index contributed by atoms with van der Waals surface area (Å²) < 4.78 is 0. The molecule has 0 unspecified atom stereocenters. The van der Waals surface area contributed by atoms with Gasteiger partial charge in [-0.3, -0.25) is 0 Å². The normalized spacial score (nSPS) is 16.8. The molecule has 85 valence electrons. The van der Waals surface area contributed by atoms with Crippen LogP contribution in [0, 0.1) is 13.0 Å². The maximum Gasteiger partial charge on any atom is 0.0411 e. The van der Waals surface area contributed by atoms with Gasteiger partial charge in [0.1, 0.15) is 0 Å². The molecular formula is C16H16N. The van der Waals surface area contributed by atoms with Crippen LogP contribution in [0.1, 0.15) is 24.0 Å². The molecule has 1 nitrogen and oxygen atoms in total. The maximum atomic E-state index is 6.18. The molecule has 0 aromatic heterocycles. The summed E-state index contributed by atoms with van der Waals surface area (Å²) in [6.07, 6.45) is 2.23. The minimum absolute atomic E-state index is 0.0314. The Labute approximate surface area is 102 Å². The first kappa shape index (κ1) is 10.5. The molecule has 2 aromatic rings. The molecule has 2 N–H and O–H groups in total. The topological polar surface area (TPSA) is 26.0 Å². The molecule has 0 bridgehead atoms. The highest BCUT2D eigenvalue weighted by atomic mass is 14.8. The van der Waals surface area contributed by atoms with Gasteiger partial charge in [-0.25, -0.2) is 0 Å². The largest absolute Gasteiger partial charge is 0.321 e. The molecule has 1 heteroatoms. The third-order valence-corrected chi connectivity index (χ3v) is 3.62. The van der Waals surface area contributed by atoms with E-state index in [0.717, 1.165) is 12.8 Å². The molecule has 1 fully saturated rings. The van der Waals surface area contributed by atoms with Crippen molar-refractivity contribution in [2.24, 2.45) is 5.73 Å². The van der Waals surface area contributed by atoms with Crippen LogP contribution in [0.2, 0.25) is 0 Å². The zero-order valence-corrected chi connectivity index (χ0v) is 10.0. The molecule has 0 spiro atoms. The van der Waals surface area contributed by atoms with E-state index in [4.69, 9.17) is 5.73 Å². The number of hydrogen-bond donors (Lipinski definition) is 1. The van der Waals surface area contributed by atoms with E-state index in [2.05, 4.69) is 43.3 Å². The van der Waals surface area contributed by atoms with E-state index in [1.165, 1.54) is 22.3 Å². The lowest BCUT2D eigenvalue weighted by atomic mass is 9.97. The number of aryl methyl sites for hydroxylation is 1. The summed E-state index contributed by atoms with van der Waals surface area (Å²) in [6.45, 7) is 2.09. The Hall–Kier alpha value is -1.60. The van der Waals surface area contributed by atoms with Gasteiger partial charge in [0.25, 0.3) is 0 Å². The van der Waals surface area contributed by atoms with Crippen molar-refractivity contribution >= 4 is 0 Å². The van der Waals surface area contributed by atoms with Crippen LogP contribution in [0.5, 0.6) is 0 Å². The fourth-order valence-corrected chi connectivity index (χ4v) is 2.24. The lowest BCUT2D eigenvalue weighted by Crippen LogP contribution is -2.18. The van der Waals surface area contributed by atoms with Crippen LogP contribution < -0.4 is 5.73 Å². The molecule has 1 radical (unpaired) electrons. The highest BCUT2D eigenvalue weighted by molar-refractivity contribution is 5.67.